The zero-order valence-electron chi connectivity index (χ0n) is 11.5. The van der Waals surface area contributed by atoms with Crippen LogP contribution < -0.4 is 11.1 Å². The number of hydrogen-bond acceptors (Lipinski definition) is 3. The van der Waals surface area contributed by atoms with Crippen LogP contribution in [0.4, 0.5) is 4.39 Å². The maximum atomic E-state index is 13.8. The highest BCUT2D eigenvalue weighted by Gasteiger charge is 2.29. The third-order valence-electron chi connectivity index (χ3n) is 3.75. The van der Waals surface area contributed by atoms with E-state index in [2.05, 4.69) is 15.5 Å². The first-order valence-electron chi connectivity index (χ1n) is 6.99. The summed E-state index contributed by atoms with van der Waals surface area (Å²) in [5.41, 5.74) is 6.98. The molecule has 1 aromatic carbocycles. The lowest BCUT2D eigenvalue weighted by atomic mass is 10.1. The van der Waals surface area contributed by atoms with Crippen molar-refractivity contribution < 1.29 is 9.18 Å². The van der Waals surface area contributed by atoms with E-state index in [1.807, 2.05) is 0 Å². The Balaban J connectivity index is 1.75. The lowest BCUT2D eigenvalue weighted by Gasteiger charge is -2.11. The summed E-state index contributed by atoms with van der Waals surface area (Å²) in [6, 6.07) is 6.25. The molecule has 0 saturated heterocycles. The van der Waals surface area contributed by atoms with E-state index >= 15 is 0 Å². The molecule has 0 spiro atoms. The number of nitrogens with two attached hydrogens (primary N) is 1. The lowest BCUT2D eigenvalue weighted by Crippen LogP contribution is -2.38. The standard InChI is InChI=1S/C15H17FN4O/c16-12-4-2-1-3-10(12)14-11(7-19-20-14)15(21)18-8-13(17)9-5-6-9/h1-4,7,9,13H,5-6,8,17H2,(H,18,21)(H,19,20). The Morgan fingerprint density at radius 3 is 2.95 bits per heavy atom. The Morgan fingerprint density at radius 2 is 2.24 bits per heavy atom. The summed E-state index contributed by atoms with van der Waals surface area (Å²) in [5.74, 6) is -0.177. The number of carbonyl (C=O) groups excluding carboxylic acids is 1. The second kappa shape index (κ2) is 5.65. The Bertz CT molecular complexity index is 651. The van der Waals surface area contributed by atoms with Gasteiger partial charge in [-0.3, -0.25) is 9.89 Å². The monoisotopic (exact) mass is 288 g/mol. The van der Waals surface area contributed by atoms with E-state index in [1.54, 1.807) is 18.2 Å². The smallest absolute Gasteiger partial charge is 0.255 e. The van der Waals surface area contributed by atoms with Crippen molar-refractivity contribution in [1.29, 1.82) is 0 Å². The van der Waals surface area contributed by atoms with Gasteiger partial charge in [0.25, 0.3) is 5.91 Å². The number of halogens is 1. The number of nitrogens with zero attached hydrogens (tertiary/aromatic N) is 1. The Morgan fingerprint density at radius 1 is 1.48 bits per heavy atom. The van der Waals surface area contributed by atoms with Crippen LogP contribution in [0.3, 0.4) is 0 Å². The highest BCUT2D eigenvalue weighted by molar-refractivity contribution is 5.99. The average Bonchev–Trinajstić information content (AvgIpc) is 3.23. The van der Waals surface area contributed by atoms with Gasteiger partial charge in [0.2, 0.25) is 0 Å². The summed E-state index contributed by atoms with van der Waals surface area (Å²) in [5, 5.41) is 9.33. The molecule has 0 radical (unpaired) electrons. The summed E-state index contributed by atoms with van der Waals surface area (Å²) in [6.07, 6.45) is 3.66. The van der Waals surface area contributed by atoms with Crippen LogP contribution in [0.15, 0.2) is 30.5 Å². The minimum Gasteiger partial charge on any atom is -0.350 e. The summed E-state index contributed by atoms with van der Waals surface area (Å²) < 4.78 is 13.8. The van der Waals surface area contributed by atoms with Crippen LogP contribution in [0.5, 0.6) is 0 Å². The van der Waals surface area contributed by atoms with Crippen molar-refractivity contribution in [3.05, 3.63) is 41.8 Å². The fourth-order valence-corrected chi connectivity index (χ4v) is 2.32. The van der Waals surface area contributed by atoms with Gasteiger partial charge in [-0.25, -0.2) is 4.39 Å². The molecule has 1 unspecified atom stereocenters. The maximum Gasteiger partial charge on any atom is 0.255 e. The topological polar surface area (TPSA) is 83.8 Å². The number of nitrogens with one attached hydrogen (secondary N) is 2. The van der Waals surface area contributed by atoms with Gasteiger partial charge in [0.05, 0.1) is 17.5 Å². The lowest BCUT2D eigenvalue weighted by molar-refractivity contribution is 0.0951. The van der Waals surface area contributed by atoms with E-state index in [0.717, 1.165) is 12.8 Å². The molecular weight excluding hydrogens is 271 g/mol. The molecule has 1 saturated carbocycles. The zero-order chi connectivity index (χ0) is 14.8. The van der Waals surface area contributed by atoms with Crippen molar-refractivity contribution in [1.82, 2.24) is 15.5 Å². The molecule has 1 aliphatic rings. The summed E-state index contributed by atoms with van der Waals surface area (Å²) >= 11 is 0. The van der Waals surface area contributed by atoms with Crippen molar-refractivity contribution in [2.45, 2.75) is 18.9 Å². The molecule has 1 fully saturated rings. The zero-order valence-corrected chi connectivity index (χ0v) is 11.5. The van der Waals surface area contributed by atoms with Gasteiger partial charge in [0.1, 0.15) is 5.82 Å². The normalized spacial score (nSPS) is 15.7. The molecule has 5 nitrogen and oxygen atoms in total. The molecule has 1 amide bonds. The SMILES string of the molecule is NC(CNC(=O)c1cn[nH]c1-c1ccccc1F)C1CC1. The van der Waals surface area contributed by atoms with Crippen LogP contribution in [-0.4, -0.2) is 28.7 Å². The van der Waals surface area contributed by atoms with Crippen molar-refractivity contribution >= 4 is 5.91 Å². The first-order valence-corrected chi connectivity index (χ1v) is 6.99. The molecule has 2 aromatic rings. The fourth-order valence-electron chi connectivity index (χ4n) is 2.32. The van der Waals surface area contributed by atoms with E-state index < -0.39 is 5.82 Å². The number of carbonyl (C=O) groups is 1. The van der Waals surface area contributed by atoms with Crippen molar-refractivity contribution in [3.63, 3.8) is 0 Å². The molecule has 1 aliphatic carbocycles. The van der Waals surface area contributed by atoms with Crippen LogP contribution in [0.25, 0.3) is 11.3 Å². The highest BCUT2D eigenvalue weighted by atomic mass is 19.1. The number of H-pyrrole nitrogens is 1. The minimum absolute atomic E-state index is 0.0160. The van der Waals surface area contributed by atoms with Crippen LogP contribution in [0.1, 0.15) is 23.2 Å². The molecule has 0 aliphatic heterocycles. The average molecular weight is 288 g/mol. The van der Waals surface area contributed by atoms with Gasteiger partial charge in [0, 0.05) is 18.2 Å². The summed E-state index contributed by atoms with van der Waals surface area (Å²) in [7, 11) is 0. The van der Waals surface area contributed by atoms with Gasteiger partial charge >= 0.3 is 0 Å². The third kappa shape index (κ3) is 2.95. The molecule has 1 heterocycles. The van der Waals surface area contributed by atoms with Crippen molar-refractivity contribution in [3.8, 4) is 11.3 Å². The van der Waals surface area contributed by atoms with Gasteiger partial charge < -0.3 is 11.1 Å². The Labute approximate surface area is 121 Å². The van der Waals surface area contributed by atoms with Crippen LogP contribution in [0.2, 0.25) is 0 Å². The molecule has 6 heteroatoms. The molecule has 21 heavy (non-hydrogen) atoms. The largest absolute Gasteiger partial charge is 0.350 e. The molecule has 1 atom stereocenters. The van der Waals surface area contributed by atoms with E-state index in [9.17, 15) is 9.18 Å². The molecule has 110 valence electrons. The predicted molar refractivity (Wildman–Crippen MR) is 77.0 cm³/mol. The molecule has 1 aromatic heterocycles. The van der Waals surface area contributed by atoms with Gasteiger partial charge in [-0.2, -0.15) is 5.10 Å². The van der Waals surface area contributed by atoms with Crippen molar-refractivity contribution in [2.75, 3.05) is 6.54 Å². The number of hydrogen-bond donors (Lipinski definition) is 3. The quantitative estimate of drug-likeness (QED) is 0.782. The molecular formula is C15H17FN4O. The summed E-state index contributed by atoms with van der Waals surface area (Å²) in [6.45, 7) is 0.422. The van der Waals surface area contributed by atoms with Crippen molar-refractivity contribution in [2.24, 2.45) is 11.7 Å². The van der Waals surface area contributed by atoms with E-state index in [0.29, 0.717) is 29.3 Å². The minimum atomic E-state index is -0.398. The van der Waals surface area contributed by atoms with Crippen LogP contribution >= 0.6 is 0 Å². The number of aromatic amines is 1. The van der Waals surface area contributed by atoms with Gasteiger partial charge in [-0.1, -0.05) is 12.1 Å². The van der Waals surface area contributed by atoms with Gasteiger partial charge in [0.15, 0.2) is 0 Å². The Hall–Kier alpha value is -2.21. The second-order valence-electron chi connectivity index (χ2n) is 5.35. The number of rotatable bonds is 5. The number of aromatic nitrogens is 2. The van der Waals surface area contributed by atoms with E-state index in [4.69, 9.17) is 5.73 Å². The van der Waals surface area contributed by atoms with Crippen LogP contribution in [-0.2, 0) is 0 Å². The first kappa shape index (κ1) is 13.8. The first-order chi connectivity index (χ1) is 10.2. The molecule has 0 bridgehead atoms. The maximum absolute atomic E-state index is 13.8. The molecule has 4 N–H and O–H groups in total. The van der Waals surface area contributed by atoms with Crippen LogP contribution in [0, 0.1) is 11.7 Å². The predicted octanol–water partition coefficient (Wildman–Crippen LogP) is 1.68. The number of amides is 1. The summed E-state index contributed by atoms with van der Waals surface area (Å²) in [4.78, 5) is 12.2. The highest BCUT2D eigenvalue weighted by Crippen LogP contribution is 2.31. The third-order valence-corrected chi connectivity index (χ3v) is 3.75. The van der Waals surface area contributed by atoms with Gasteiger partial charge in [-0.15, -0.1) is 0 Å². The van der Waals surface area contributed by atoms with E-state index in [-0.39, 0.29) is 11.9 Å². The molecule has 3 rings (SSSR count). The number of benzene rings is 1. The second-order valence-corrected chi connectivity index (χ2v) is 5.35. The Kier molecular flexibility index (Phi) is 3.70. The fraction of sp³-hybridized carbons (Fsp3) is 0.333. The van der Waals surface area contributed by atoms with E-state index in [1.165, 1.54) is 12.3 Å². The van der Waals surface area contributed by atoms with Gasteiger partial charge in [-0.05, 0) is 30.9 Å².